The van der Waals surface area contributed by atoms with Crippen molar-refractivity contribution in [1.29, 1.82) is 0 Å². The molecule has 0 spiro atoms. The lowest BCUT2D eigenvalue weighted by Gasteiger charge is -2.19. The van der Waals surface area contributed by atoms with E-state index >= 15 is 0 Å². The molecular formula is C29H36N4O3. The van der Waals surface area contributed by atoms with Crippen molar-refractivity contribution in [1.82, 2.24) is 20.4 Å². The number of carbonyl (C=O) groups excluding carboxylic acids is 2. The first-order valence-corrected chi connectivity index (χ1v) is 12.5. The normalized spacial score (nSPS) is 15.1. The highest BCUT2D eigenvalue weighted by Crippen LogP contribution is 2.40. The van der Waals surface area contributed by atoms with Gasteiger partial charge in [-0.15, -0.1) is 0 Å². The molecule has 1 aliphatic carbocycles. The molecule has 7 nitrogen and oxygen atoms in total. The summed E-state index contributed by atoms with van der Waals surface area (Å²) in [6.45, 7) is 7.99. The number of nitrogens with one attached hydrogen (secondary N) is 2. The van der Waals surface area contributed by atoms with Gasteiger partial charge in [-0.1, -0.05) is 38.1 Å². The van der Waals surface area contributed by atoms with E-state index in [-0.39, 0.29) is 11.3 Å². The van der Waals surface area contributed by atoms with Gasteiger partial charge in [0, 0.05) is 47.6 Å². The van der Waals surface area contributed by atoms with Crippen LogP contribution in [0.25, 0.3) is 11.3 Å². The first-order chi connectivity index (χ1) is 17.1. The summed E-state index contributed by atoms with van der Waals surface area (Å²) in [6.07, 6.45) is 3.00. The van der Waals surface area contributed by atoms with Crippen LogP contribution in [-0.4, -0.2) is 52.1 Å². The van der Waals surface area contributed by atoms with E-state index in [4.69, 9.17) is 0 Å². The molecule has 1 heterocycles. The minimum Gasteiger partial charge on any atom is -0.393 e. The number of H-pyrrole nitrogens is 1. The molecule has 4 rings (SSSR count). The predicted octanol–water partition coefficient (Wildman–Crippen LogP) is 4.15. The van der Waals surface area contributed by atoms with Crippen LogP contribution >= 0.6 is 0 Å². The number of amides is 1. The van der Waals surface area contributed by atoms with Gasteiger partial charge in [0.25, 0.3) is 5.91 Å². The molecule has 3 aromatic rings. The van der Waals surface area contributed by atoms with Crippen molar-refractivity contribution >= 4 is 12.2 Å². The van der Waals surface area contributed by atoms with E-state index in [1.54, 1.807) is 6.92 Å². The van der Waals surface area contributed by atoms with E-state index in [1.165, 1.54) is 11.3 Å². The lowest BCUT2D eigenvalue weighted by Crippen LogP contribution is -2.26. The number of aromatic amines is 1. The van der Waals surface area contributed by atoms with Crippen molar-refractivity contribution < 1.29 is 14.7 Å². The summed E-state index contributed by atoms with van der Waals surface area (Å²) < 4.78 is 0. The summed E-state index contributed by atoms with van der Waals surface area (Å²) in [5.41, 5.74) is 8.08. The summed E-state index contributed by atoms with van der Waals surface area (Å²) >= 11 is 0. The molecule has 0 bridgehead atoms. The zero-order chi connectivity index (χ0) is 25.9. The van der Waals surface area contributed by atoms with E-state index in [1.807, 2.05) is 43.4 Å². The second kappa shape index (κ2) is 10.8. The minimum absolute atomic E-state index is 0.142. The molecule has 0 radical (unpaired) electrons. The first kappa shape index (κ1) is 25.8. The maximum atomic E-state index is 12.3. The Labute approximate surface area is 212 Å². The van der Waals surface area contributed by atoms with Gasteiger partial charge in [0.15, 0.2) is 0 Å². The average Bonchev–Trinajstić information content (AvgIpc) is 3.34. The van der Waals surface area contributed by atoms with Crippen LogP contribution in [-0.2, 0) is 25.9 Å². The molecule has 0 saturated heterocycles. The molecule has 0 saturated carbocycles. The van der Waals surface area contributed by atoms with Crippen LogP contribution in [0.1, 0.15) is 70.3 Å². The van der Waals surface area contributed by atoms with Crippen molar-refractivity contribution in [2.45, 2.75) is 59.2 Å². The standard InChI is InChI=1S/C29H36N4O3/c1-19(35)11-12-30-28(36)21-7-5-20(6-8-21)16-33(4)17-24-13-22(9-10-23(24)18-34)27-25-14-29(2,3)15-26(25)31-32-27/h5-10,13,18-19,35H,11-12,14-17H2,1-4H3,(H,30,36)(H,31,32)/t19-/m0/s1. The van der Waals surface area contributed by atoms with Crippen LogP contribution in [0.5, 0.6) is 0 Å². The smallest absolute Gasteiger partial charge is 0.251 e. The molecule has 1 aliphatic rings. The van der Waals surface area contributed by atoms with Crippen molar-refractivity contribution in [3.63, 3.8) is 0 Å². The summed E-state index contributed by atoms with van der Waals surface area (Å²) in [4.78, 5) is 26.2. The number of benzene rings is 2. The average molecular weight is 489 g/mol. The fraction of sp³-hybridized carbons (Fsp3) is 0.414. The summed E-state index contributed by atoms with van der Waals surface area (Å²) in [6, 6.07) is 13.5. The predicted molar refractivity (Wildman–Crippen MR) is 141 cm³/mol. The fourth-order valence-corrected chi connectivity index (χ4v) is 4.92. The zero-order valence-electron chi connectivity index (χ0n) is 21.6. The van der Waals surface area contributed by atoms with Crippen LogP contribution < -0.4 is 5.32 Å². The van der Waals surface area contributed by atoms with Crippen LogP contribution in [0.2, 0.25) is 0 Å². The molecule has 1 aromatic heterocycles. The molecule has 0 fully saturated rings. The number of aromatic nitrogens is 2. The number of nitrogens with zero attached hydrogens (tertiary/aromatic N) is 2. The molecule has 1 amide bonds. The van der Waals surface area contributed by atoms with E-state index in [0.717, 1.165) is 41.5 Å². The molecule has 2 aromatic carbocycles. The van der Waals surface area contributed by atoms with Crippen LogP contribution in [0.3, 0.4) is 0 Å². The minimum atomic E-state index is -0.434. The maximum Gasteiger partial charge on any atom is 0.251 e. The third-order valence-electron chi connectivity index (χ3n) is 6.76. The van der Waals surface area contributed by atoms with E-state index in [9.17, 15) is 14.7 Å². The number of hydrogen-bond donors (Lipinski definition) is 3. The van der Waals surface area contributed by atoms with Gasteiger partial charge < -0.3 is 10.4 Å². The van der Waals surface area contributed by atoms with Gasteiger partial charge in [0.2, 0.25) is 0 Å². The number of fused-ring (bicyclic) bond motifs is 1. The van der Waals surface area contributed by atoms with E-state index in [0.29, 0.717) is 37.2 Å². The van der Waals surface area contributed by atoms with Gasteiger partial charge in [-0.05, 0) is 68.0 Å². The van der Waals surface area contributed by atoms with Crippen molar-refractivity contribution in [3.05, 3.63) is 76.0 Å². The highest BCUT2D eigenvalue weighted by molar-refractivity contribution is 5.94. The molecular weight excluding hydrogens is 452 g/mol. The van der Waals surface area contributed by atoms with Gasteiger partial charge in [-0.3, -0.25) is 19.6 Å². The highest BCUT2D eigenvalue weighted by Gasteiger charge is 2.32. The molecule has 0 aliphatic heterocycles. The highest BCUT2D eigenvalue weighted by atomic mass is 16.3. The molecule has 3 N–H and O–H groups in total. The zero-order valence-corrected chi connectivity index (χ0v) is 21.6. The van der Waals surface area contributed by atoms with Gasteiger partial charge in [0.05, 0.1) is 11.8 Å². The molecule has 7 heteroatoms. The Balaban J connectivity index is 1.43. The number of carbonyl (C=O) groups is 2. The number of hydrogen-bond acceptors (Lipinski definition) is 5. The number of aliphatic hydroxyl groups excluding tert-OH is 1. The van der Waals surface area contributed by atoms with Crippen LogP contribution in [0.4, 0.5) is 0 Å². The lowest BCUT2D eigenvalue weighted by atomic mass is 9.89. The largest absolute Gasteiger partial charge is 0.393 e. The second-order valence-corrected chi connectivity index (χ2v) is 10.8. The van der Waals surface area contributed by atoms with Crippen molar-refractivity contribution in [2.75, 3.05) is 13.6 Å². The van der Waals surface area contributed by atoms with Gasteiger partial charge in [-0.25, -0.2) is 0 Å². The number of aliphatic hydroxyl groups is 1. The number of rotatable bonds is 10. The molecule has 1 atom stereocenters. The van der Waals surface area contributed by atoms with Crippen molar-refractivity contribution in [3.8, 4) is 11.3 Å². The Morgan fingerprint density at radius 3 is 2.64 bits per heavy atom. The second-order valence-electron chi connectivity index (χ2n) is 10.8. The Hall–Kier alpha value is -3.29. The summed E-state index contributed by atoms with van der Waals surface area (Å²) in [7, 11) is 2.02. The Morgan fingerprint density at radius 2 is 1.94 bits per heavy atom. The first-order valence-electron chi connectivity index (χ1n) is 12.5. The van der Waals surface area contributed by atoms with E-state index in [2.05, 4.69) is 40.3 Å². The van der Waals surface area contributed by atoms with Crippen LogP contribution in [0.15, 0.2) is 42.5 Å². The third-order valence-corrected chi connectivity index (χ3v) is 6.76. The van der Waals surface area contributed by atoms with Gasteiger partial charge in [0.1, 0.15) is 6.29 Å². The molecule has 190 valence electrons. The third kappa shape index (κ3) is 6.09. The topological polar surface area (TPSA) is 98.3 Å². The fourth-order valence-electron chi connectivity index (χ4n) is 4.92. The summed E-state index contributed by atoms with van der Waals surface area (Å²) in [5, 5.41) is 20.0. The lowest BCUT2D eigenvalue weighted by molar-refractivity contribution is 0.0945. The Kier molecular flexibility index (Phi) is 7.71. The van der Waals surface area contributed by atoms with Crippen LogP contribution in [0, 0.1) is 5.41 Å². The van der Waals surface area contributed by atoms with E-state index < -0.39 is 6.10 Å². The molecule has 36 heavy (non-hydrogen) atoms. The maximum absolute atomic E-state index is 12.3. The van der Waals surface area contributed by atoms with Crippen molar-refractivity contribution in [2.24, 2.45) is 5.41 Å². The SMILES string of the molecule is C[C@H](O)CCNC(=O)c1ccc(CN(C)Cc2cc(-c3n[nH]c4c3CC(C)(C)C4)ccc2C=O)cc1. The molecule has 0 unspecified atom stereocenters. The quantitative estimate of drug-likeness (QED) is 0.373. The monoisotopic (exact) mass is 488 g/mol. The summed E-state index contributed by atoms with van der Waals surface area (Å²) in [5.74, 6) is -0.142. The van der Waals surface area contributed by atoms with Gasteiger partial charge >= 0.3 is 0 Å². The Bertz CT molecular complexity index is 1230. The Morgan fingerprint density at radius 1 is 1.19 bits per heavy atom. The van der Waals surface area contributed by atoms with Gasteiger partial charge in [-0.2, -0.15) is 5.10 Å². The number of aldehydes is 1.